The van der Waals surface area contributed by atoms with Crippen LogP contribution in [0, 0.1) is 6.92 Å². The summed E-state index contributed by atoms with van der Waals surface area (Å²) in [6.07, 6.45) is 2.00. The molecule has 1 N–H and O–H groups in total. The van der Waals surface area contributed by atoms with Gasteiger partial charge in [-0.1, -0.05) is 30.6 Å². The number of hydrogen-bond donors (Lipinski definition) is 1. The lowest BCUT2D eigenvalue weighted by Gasteiger charge is -2.10. The van der Waals surface area contributed by atoms with Crippen molar-refractivity contribution in [1.29, 1.82) is 0 Å². The summed E-state index contributed by atoms with van der Waals surface area (Å²) in [6.45, 7) is 4.46. The first kappa shape index (κ1) is 14.1. The Hall–Kier alpha value is -2.30. The smallest absolute Gasteiger partial charge is 0.260 e. The molecule has 20 heavy (non-hydrogen) atoms. The van der Waals surface area contributed by atoms with E-state index in [-0.39, 0.29) is 5.91 Å². The molecule has 2 aromatic rings. The zero-order valence-electron chi connectivity index (χ0n) is 11.7. The Balaban J connectivity index is 2.08. The Morgan fingerprint density at radius 3 is 2.90 bits per heavy atom. The highest BCUT2D eigenvalue weighted by molar-refractivity contribution is 6.05. The summed E-state index contributed by atoms with van der Waals surface area (Å²) in [5.74, 6) is 1.37. The minimum Gasteiger partial charge on any atom is -0.493 e. The Morgan fingerprint density at radius 2 is 2.20 bits per heavy atom. The Morgan fingerprint density at radius 1 is 1.40 bits per heavy atom. The fourth-order valence-corrected chi connectivity index (χ4v) is 1.72. The molecule has 0 fully saturated rings. The van der Waals surface area contributed by atoms with Gasteiger partial charge >= 0.3 is 0 Å². The topological polar surface area (TPSA) is 64.4 Å². The first-order valence-electron chi connectivity index (χ1n) is 6.67. The third kappa shape index (κ3) is 3.60. The van der Waals surface area contributed by atoms with Gasteiger partial charge in [0, 0.05) is 6.07 Å². The van der Waals surface area contributed by atoms with E-state index in [1.807, 2.05) is 6.07 Å². The van der Waals surface area contributed by atoms with E-state index in [0.717, 1.165) is 12.8 Å². The van der Waals surface area contributed by atoms with Crippen LogP contribution >= 0.6 is 0 Å². The molecule has 0 unspecified atom stereocenters. The maximum atomic E-state index is 12.2. The van der Waals surface area contributed by atoms with Crippen molar-refractivity contribution in [2.24, 2.45) is 0 Å². The summed E-state index contributed by atoms with van der Waals surface area (Å²) in [4.78, 5) is 12.2. The molecule has 0 bridgehead atoms. The van der Waals surface area contributed by atoms with Gasteiger partial charge in [0.05, 0.1) is 12.2 Å². The summed E-state index contributed by atoms with van der Waals surface area (Å²) in [5.41, 5.74) is 0.490. The van der Waals surface area contributed by atoms with Crippen LogP contribution in [0.1, 0.15) is 35.9 Å². The van der Waals surface area contributed by atoms with Gasteiger partial charge in [0.1, 0.15) is 11.5 Å². The molecule has 0 aliphatic rings. The fourth-order valence-electron chi connectivity index (χ4n) is 1.72. The largest absolute Gasteiger partial charge is 0.493 e. The van der Waals surface area contributed by atoms with Crippen LogP contribution in [0.25, 0.3) is 0 Å². The monoisotopic (exact) mass is 274 g/mol. The highest BCUT2D eigenvalue weighted by Crippen LogP contribution is 2.20. The van der Waals surface area contributed by atoms with E-state index in [1.165, 1.54) is 0 Å². The van der Waals surface area contributed by atoms with Crippen molar-refractivity contribution in [1.82, 2.24) is 5.16 Å². The average Bonchev–Trinajstić information content (AvgIpc) is 2.85. The fraction of sp³-hybridized carbons (Fsp3) is 0.333. The highest BCUT2D eigenvalue weighted by atomic mass is 16.5. The van der Waals surface area contributed by atoms with Gasteiger partial charge in [0.2, 0.25) is 0 Å². The minimum absolute atomic E-state index is 0.259. The van der Waals surface area contributed by atoms with Gasteiger partial charge in [-0.25, -0.2) is 0 Å². The van der Waals surface area contributed by atoms with Gasteiger partial charge in [-0.2, -0.15) is 0 Å². The third-order valence-corrected chi connectivity index (χ3v) is 2.76. The number of amides is 1. The molecule has 0 aliphatic heterocycles. The molecule has 0 saturated heterocycles. The lowest BCUT2D eigenvalue weighted by atomic mass is 10.2. The summed E-state index contributed by atoms with van der Waals surface area (Å²) in [7, 11) is 0. The Bertz CT molecular complexity index is 578. The van der Waals surface area contributed by atoms with Crippen LogP contribution < -0.4 is 10.1 Å². The lowest BCUT2D eigenvalue weighted by Crippen LogP contribution is -2.14. The number of ether oxygens (including phenoxy) is 1. The number of nitrogens with zero attached hydrogens (tertiary/aromatic N) is 1. The number of anilines is 1. The normalized spacial score (nSPS) is 10.3. The number of carbonyl (C=O) groups is 1. The van der Waals surface area contributed by atoms with E-state index >= 15 is 0 Å². The lowest BCUT2D eigenvalue weighted by molar-refractivity contribution is 0.102. The van der Waals surface area contributed by atoms with Crippen LogP contribution in [0.15, 0.2) is 34.9 Å². The van der Waals surface area contributed by atoms with Gasteiger partial charge in [0.15, 0.2) is 5.82 Å². The number of benzene rings is 1. The standard InChI is InChI=1S/C15H18N2O3/c1-3-4-9-19-13-8-6-5-7-12(13)15(18)16-14-10-11(2)20-17-14/h5-8,10H,3-4,9H2,1-2H3,(H,16,17,18). The predicted molar refractivity (Wildman–Crippen MR) is 76.0 cm³/mol. The summed E-state index contributed by atoms with van der Waals surface area (Å²) < 4.78 is 10.6. The van der Waals surface area contributed by atoms with E-state index in [9.17, 15) is 4.79 Å². The molecule has 0 radical (unpaired) electrons. The van der Waals surface area contributed by atoms with Crippen LogP contribution in [0.4, 0.5) is 5.82 Å². The number of aryl methyl sites for hydroxylation is 1. The first-order valence-corrected chi connectivity index (χ1v) is 6.67. The van der Waals surface area contributed by atoms with Crippen molar-refractivity contribution in [3.63, 3.8) is 0 Å². The second-order valence-corrected chi connectivity index (χ2v) is 4.48. The average molecular weight is 274 g/mol. The molecule has 0 aliphatic carbocycles. The molecule has 0 atom stereocenters. The maximum Gasteiger partial charge on any atom is 0.260 e. The van der Waals surface area contributed by atoms with E-state index in [1.54, 1.807) is 31.2 Å². The molecule has 106 valence electrons. The zero-order valence-corrected chi connectivity index (χ0v) is 11.7. The Kier molecular flexibility index (Phi) is 4.76. The number of para-hydroxylation sites is 1. The minimum atomic E-state index is -0.259. The molecule has 5 heteroatoms. The van der Waals surface area contributed by atoms with Crippen molar-refractivity contribution in [3.05, 3.63) is 41.7 Å². The van der Waals surface area contributed by atoms with Gasteiger partial charge in [-0.3, -0.25) is 4.79 Å². The van der Waals surface area contributed by atoms with Crippen LogP contribution in [0.3, 0.4) is 0 Å². The van der Waals surface area contributed by atoms with Gasteiger partial charge < -0.3 is 14.6 Å². The number of rotatable bonds is 6. The van der Waals surface area contributed by atoms with Crippen molar-refractivity contribution < 1.29 is 14.1 Å². The van der Waals surface area contributed by atoms with Crippen molar-refractivity contribution in [2.45, 2.75) is 26.7 Å². The van der Waals surface area contributed by atoms with E-state index in [2.05, 4.69) is 17.4 Å². The SMILES string of the molecule is CCCCOc1ccccc1C(=O)Nc1cc(C)on1. The van der Waals surface area contributed by atoms with E-state index in [4.69, 9.17) is 9.26 Å². The molecule has 1 aromatic heterocycles. The molecule has 2 rings (SSSR count). The van der Waals surface area contributed by atoms with Crippen molar-refractivity contribution >= 4 is 11.7 Å². The number of hydrogen-bond acceptors (Lipinski definition) is 4. The summed E-state index contributed by atoms with van der Waals surface area (Å²) in [6, 6.07) is 8.83. The Labute approximate surface area is 117 Å². The zero-order chi connectivity index (χ0) is 14.4. The van der Waals surface area contributed by atoms with Crippen molar-refractivity contribution in [2.75, 3.05) is 11.9 Å². The molecule has 1 heterocycles. The van der Waals surface area contributed by atoms with Crippen LogP contribution in [-0.2, 0) is 0 Å². The quantitative estimate of drug-likeness (QED) is 0.820. The summed E-state index contributed by atoms with van der Waals surface area (Å²) >= 11 is 0. The molecule has 0 spiro atoms. The number of aromatic nitrogens is 1. The summed E-state index contributed by atoms with van der Waals surface area (Å²) in [5, 5.41) is 6.42. The molecule has 1 amide bonds. The van der Waals surface area contributed by atoms with Gasteiger partial charge in [0.25, 0.3) is 5.91 Å². The number of nitrogens with one attached hydrogen (secondary N) is 1. The molecule has 5 nitrogen and oxygen atoms in total. The van der Waals surface area contributed by atoms with Gasteiger partial charge in [-0.05, 0) is 25.5 Å². The molecule has 0 saturated carbocycles. The predicted octanol–water partition coefficient (Wildman–Crippen LogP) is 3.41. The van der Waals surface area contributed by atoms with Crippen LogP contribution in [0.2, 0.25) is 0 Å². The third-order valence-electron chi connectivity index (χ3n) is 2.76. The van der Waals surface area contributed by atoms with Gasteiger partial charge in [-0.15, -0.1) is 0 Å². The van der Waals surface area contributed by atoms with E-state index < -0.39 is 0 Å². The highest BCUT2D eigenvalue weighted by Gasteiger charge is 2.13. The second kappa shape index (κ2) is 6.75. The second-order valence-electron chi connectivity index (χ2n) is 4.48. The van der Waals surface area contributed by atoms with E-state index in [0.29, 0.717) is 29.5 Å². The molecular weight excluding hydrogens is 256 g/mol. The molecular formula is C15H18N2O3. The van der Waals surface area contributed by atoms with Crippen molar-refractivity contribution in [3.8, 4) is 5.75 Å². The number of unbranched alkanes of at least 4 members (excludes halogenated alkanes) is 1. The maximum absolute atomic E-state index is 12.2. The van der Waals surface area contributed by atoms with Crippen LogP contribution in [0.5, 0.6) is 5.75 Å². The van der Waals surface area contributed by atoms with Crippen LogP contribution in [-0.4, -0.2) is 17.7 Å². The first-order chi connectivity index (χ1) is 9.70. The molecule has 1 aromatic carbocycles. The number of carbonyl (C=O) groups excluding carboxylic acids is 1.